The third-order valence-electron chi connectivity index (χ3n) is 12.4. The maximum atomic E-state index is 14.7. The van der Waals surface area contributed by atoms with Crippen molar-refractivity contribution < 1.29 is 42.8 Å². The number of aliphatic hydroxyl groups is 1. The monoisotopic (exact) mass is 754 g/mol. The van der Waals surface area contributed by atoms with Gasteiger partial charge in [0, 0.05) is 25.3 Å². The van der Waals surface area contributed by atoms with Gasteiger partial charge in [0.2, 0.25) is 0 Å². The minimum Gasteiger partial charge on any atom is -0.462 e. The largest absolute Gasteiger partial charge is 0.462 e. The Bertz CT molecular complexity index is 1510. The van der Waals surface area contributed by atoms with Gasteiger partial charge in [-0.3, -0.25) is 4.79 Å². The van der Waals surface area contributed by atoms with Crippen LogP contribution in [0, 0.1) is 17.8 Å². The van der Waals surface area contributed by atoms with Crippen LogP contribution >= 0.6 is 0 Å². The average molecular weight is 755 g/mol. The predicted molar refractivity (Wildman–Crippen MR) is 208 cm³/mol. The molecule has 0 aromatic carbocycles. The fourth-order valence-corrected chi connectivity index (χ4v) is 9.57. The average Bonchev–Trinajstić information content (AvgIpc) is 3.39. The molecule has 2 bridgehead atoms. The molecule has 0 saturated carbocycles. The zero-order valence-corrected chi connectivity index (χ0v) is 35.2. The van der Waals surface area contributed by atoms with Gasteiger partial charge in [0.25, 0.3) is 0 Å². The van der Waals surface area contributed by atoms with E-state index in [0.717, 1.165) is 31.3 Å². The Morgan fingerprint density at radius 3 is 2.57 bits per heavy atom. The number of rotatable bonds is 6. The van der Waals surface area contributed by atoms with E-state index in [2.05, 4.69) is 73.7 Å². The Hall–Kier alpha value is -2.34. The first-order valence-corrected chi connectivity index (χ1v) is 22.8. The number of carbonyl (C=O) groups excluding carboxylic acids is 2. The number of hydrogen-bond donors (Lipinski definition) is 1. The molecule has 9 nitrogen and oxygen atoms in total. The summed E-state index contributed by atoms with van der Waals surface area (Å²) < 4.78 is 39.3. The van der Waals surface area contributed by atoms with Crippen LogP contribution in [-0.2, 0) is 37.7 Å². The molecule has 3 fully saturated rings. The van der Waals surface area contributed by atoms with E-state index in [9.17, 15) is 14.7 Å². The predicted octanol–water partition coefficient (Wildman–Crippen LogP) is 8.44. The normalized spacial score (nSPS) is 39.4. The summed E-state index contributed by atoms with van der Waals surface area (Å²) in [7, 11) is -2.48. The van der Waals surface area contributed by atoms with Gasteiger partial charge in [0.1, 0.15) is 30.3 Å². The van der Waals surface area contributed by atoms with Crippen molar-refractivity contribution in [2.75, 3.05) is 13.2 Å². The van der Waals surface area contributed by atoms with Crippen molar-refractivity contribution in [3.05, 3.63) is 58.7 Å². The van der Waals surface area contributed by atoms with Gasteiger partial charge in [-0.25, -0.2) is 4.79 Å². The number of fused-ring (bicyclic) bond motifs is 2. The number of esters is 2. The molecule has 3 saturated heterocycles. The minimum atomic E-state index is -2.48. The van der Waals surface area contributed by atoms with Gasteiger partial charge in [0.15, 0.2) is 14.1 Å². The fraction of sp³-hybridized carbons (Fsp3) is 0.721. The van der Waals surface area contributed by atoms with Gasteiger partial charge >= 0.3 is 11.9 Å². The first-order chi connectivity index (χ1) is 24.8. The summed E-state index contributed by atoms with van der Waals surface area (Å²) in [5.74, 6) is -2.37. The molecule has 296 valence electrons. The maximum absolute atomic E-state index is 14.7. The summed E-state index contributed by atoms with van der Waals surface area (Å²) in [4.78, 5) is 27.5. The van der Waals surface area contributed by atoms with Crippen LogP contribution in [0.15, 0.2) is 58.7 Å². The smallest absolute Gasteiger partial charge is 0.331 e. The Kier molecular flexibility index (Phi) is 12.9. The second kappa shape index (κ2) is 16.4. The molecule has 5 rings (SSSR count). The third-order valence-corrected chi connectivity index (χ3v) is 16.8. The number of hydrogen-bond acceptors (Lipinski definition) is 9. The second-order valence-corrected chi connectivity index (χ2v) is 22.9. The first-order valence-electron chi connectivity index (χ1n) is 19.9. The molecule has 10 heteroatoms. The van der Waals surface area contributed by atoms with Gasteiger partial charge in [-0.15, -0.1) is 0 Å². The van der Waals surface area contributed by atoms with E-state index in [0.29, 0.717) is 36.3 Å². The van der Waals surface area contributed by atoms with Crippen molar-refractivity contribution in [1.29, 1.82) is 0 Å². The summed E-state index contributed by atoms with van der Waals surface area (Å²) in [6, 6.07) is 0. The van der Waals surface area contributed by atoms with Crippen LogP contribution in [0.25, 0.3) is 0 Å². The van der Waals surface area contributed by atoms with E-state index in [1.54, 1.807) is 6.08 Å². The molecule has 1 aliphatic carbocycles. The third kappa shape index (κ3) is 9.38. The Balaban J connectivity index is 1.60. The molecule has 10 atom stereocenters. The van der Waals surface area contributed by atoms with Gasteiger partial charge < -0.3 is 33.2 Å². The van der Waals surface area contributed by atoms with Crippen LogP contribution in [0.4, 0.5) is 0 Å². The topological polar surface area (TPSA) is 110 Å². The molecule has 0 amide bonds. The number of carbonyl (C=O) groups is 2. The van der Waals surface area contributed by atoms with Gasteiger partial charge in [0.05, 0.1) is 24.9 Å². The molecular weight excluding hydrogens is 689 g/mol. The van der Waals surface area contributed by atoms with Crippen molar-refractivity contribution >= 4 is 20.3 Å². The molecule has 0 aromatic rings. The molecule has 4 aliphatic heterocycles. The lowest BCUT2D eigenvalue weighted by atomic mass is 9.70. The van der Waals surface area contributed by atoms with Crippen molar-refractivity contribution in [1.82, 2.24) is 0 Å². The summed E-state index contributed by atoms with van der Waals surface area (Å²) in [6.45, 7) is 23.1. The summed E-state index contributed by atoms with van der Waals surface area (Å²) in [5.41, 5.74) is 1.49. The quantitative estimate of drug-likeness (QED) is 0.124. The molecule has 5 aliphatic rings. The molecule has 0 aromatic heterocycles. The van der Waals surface area contributed by atoms with Crippen molar-refractivity contribution in [3.63, 3.8) is 0 Å². The Morgan fingerprint density at radius 2 is 1.89 bits per heavy atom. The van der Waals surface area contributed by atoms with Gasteiger partial charge in [-0.05, 0) is 87.6 Å². The summed E-state index contributed by atoms with van der Waals surface area (Å²) in [5, 5.41) is 12.9. The van der Waals surface area contributed by atoms with Crippen molar-refractivity contribution in [2.45, 2.75) is 167 Å². The molecular formula is C43H66O9Si. The SMILES string of the molecule is CC[C@H]1O[C@]2(CC[C@@H]1C)C[C@@H]1C[C@@H](C/C=C(\C)C[C@@H](C)/C=C/C=C3\CO[C@@H]4[C@H](O[Si](C)(C)C(C)(C)C)C(COC(=O)C=C(C)C)=C[C@@H](C(=O)O1)[C@]34O)O2. The second-order valence-electron chi connectivity index (χ2n) is 18.2. The molecule has 1 spiro atoms. The molecule has 53 heavy (non-hydrogen) atoms. The van der Waals surface area contributed by atoms with E-state index >= 15 is 0 Å². The van der Waals surface area contributed by atoms with Crippen LogP contribution in [0.5, 0.6) is 0 Å². The van der Waals surface area contributed by atoms with E-state index in [4.69, 9.17) is 28.1 Å². The van der Waals surface area contributed by atoms with Crippen molar-refractivity contribution in [2.24, 2.45) is 17.8 Å². The molecule has 0 unspecified atom stereocenters. The van der Waals surface area contributed by atoms with Crippen LogP contribution in [-0.4, -0.2) is 80.5 Å². The van der Waals surface area contributed by atoms with Crippen LogP contribution in [0.1, 0.15) is 107 Å². The molecule has 4 heterocycles. The van der Waals surface area contributed by atoms with Crippen LogP contribution in [0.3, 0.4) is 0 Å². The molecule has 1 N–H and O–H groups in total. The summed E-state index contributed by atoms with van der Waals surface area (Å²) in [6.07, 6.45) is 14.2. The highest BCUT2D eigenvalue weighted by Gasteiger charge is 2.62. The van der Waals surface area contributed by atoms with E-state index in [1.807, 2.05) is 26.0 Å². The maximum Gasteiger partial charge on any atom is 0.331 e. The van der Waals surface area contributed by atoms with E-state index in [1.165, 1.54) is 11.6 Å². The Morgan fingerprint density at radius 1 is 1.15 bits per heavy atom. The lowest BCUT2D eigenvalue weighted by Gasteiger charge is -2.50. The van der Waals surface area contributed by atoms with Crippen molar-refractivity contribution in [3.8, 4) is 0 Å². The lowest BCUT2D eigenvalue weighted by Crippen LogP contribution is -2.61. The highest BCUT2D eigenvalue weighted by atomic mass is 28.4. The van der Waals surface area contributed by atoms with Gasteiger partial charge in [-0.1, -0.05) is 83.1 Å². The van der Waals surface area contributed by atoms with E-state index < -0.39 is 55.9 Å². The zero-order valence-electron chi connectivity index (χ0n) is 34.2. The lowest BCUT2D eigenvalue weighted by molar-refractivity contribution is -0.335. The fourth-order valence-electron chi connectivity index (χ4n) is 8.31. The van der Waals surface area contributed by atoms with Crippen LogP contribution in [0.2, 0.25) is 18.1 Å². The standard InChI is InChI=1S/C43H66O9Si/c1-12-36-30(6)18-19-42(51-36)24-34-23-33(50-42)17-16-29(5)21-28(4)14-13-15-32-26-48-39-38(52-53(10,11)41(7,8)9)31(25-47-37(44)20-27(2)3)22-35(40(45)49-34)43(32,39)46/h13-16,20,22,28,30,33-36,38-39,46H,12,17-19,21,23-26H2,1-11H3/b14-13+,29-16+,32-15+/t28-,30-,33+,34-,35-,36+,38+,39+,42+,43+/m0/s1. The van der Waals surface area contributed by atoms with Crippen LogP contribution < -0.4 is 0 Å². The number of allylic oxidation sites excluding steroid dienone is 5. The molecule has 0 radical (unpaired) electrons. The zero-order chi connectivity index (χ0) is 38.9. The highest BCUT2D eigenvalue weighted by Crippen LogP contribution is 2.50. The minimum absolute atomic E-state index is 0.0575. The number of ether oxygens (including phenoxy) is 5. The summed E-state index contributed by atoms with van der Waals surface area (Å²) >= 11 is 0. The highest BCUT2D eigenvalue weighted by molar-refractivity contribution is 6.74. The Labute approximate surface area is 319 Å². The van der Waals surface area contributed by atoms with Gasteiger partial charge in [-0.2, -0.15) is 0 Å². The van der Waals surface area contributed by atoms with E-state index in [-0.39, 0.29) is 36.4 Å². The first kappa shape index (κ1) is 41.8.